The van der Waals surface area contributed by atoms with Crippen LogP contribution in [-0.2, 0) is 16.1 Å². The van der Waals surface area contributed by atoms with Crippen LogP contribution in [-0.4, -0.2) is 72.0 Å². The first-order valence-electron chi connectivity index (χ1n) is 11.1. The maximum atomic E-state index is 12.9. The van der Waals surface area contributed by atoms with E-state index >= 15 is 0 Å². The molecule has 0 bridgehead atoms. The van der Waals surface area contributed by atoms with Crippen LogP contribution in [0.1, 0.15) is 45.1 Å². The number of piperidine rings is 2. The van der Waals surface area contributed by atoms with Crippen LogP contribution in [0.2, 0.25) is 0 Å². The predicted molar refractivity (Wildman–Crippen MR) is 113 cm³/mol. The third-order valence-corrected chi connectivity index (χ3v) is 6.23. The lowest BCUT2D eigenvalue weighted by atomic mass is 9.94. The Bertz CT molecular complexity index is 647. The molecule has 3 rings (SSSR count). The number of rotatable bonds is 6. The molecule has 3 amide bonds. The van der Waals surface area contributed by atoms with Gasteiger partial charge in [-0.3, -0.25) is 4.79 Å². The summed E-state index contributed by atoms with van der Waals surface area (Å²) < 4.78 is 6.04. The Morgan fingerprint density at radius 1 is 0.931 bits per heavy atom. The van der Waals surface area contributed by atoms with Gasteiger partial charge < -0.3 is 19.4 Å². The smallest absolute Gasteiger partial charge is 0.319 e. The molecule has 0 atom stereocenters. The first kappa shape index (κ1) is 21.6. The van der Waals surface area contributed by atoms with Gasteiger partial charge in [-0.15, -0.1) is 0 Å². The van der Waals surface area contributed by atoms with Crippen LogP contribution < -0.4 is 0 Å². The number of ether oxygens (including phenoxy) is 1. The lowest BCUT2D eigenvalue weighted by Gasteiger charge is -2.38. The van der Waals surface area contributed by atoms with Gasteiger partial charge in [0, 0.05) is 45.2 Å². The van der Waals surface area contributed by atoms with E-state index in [0.29, 0.717) is 19.7 Å². The molecule has 160 valence electrons. The predicted octanol–water partition coefficient (Wildman–Crippen LogP) is 3.37. The molecule has 0 unspecified atom stereocenters. The molecular weight excluding hydrogens is 366 g/mol. The topological polar surface area (TPSA) is 53.1 Å². The number of hydrogen-bond donors (Lipinski definition) is 0. The second kappa shape index (κ2) is 10.6. The van der Waals surface area contributed by atoms with Crippen LogP contribution in [0.25, 0.3) is 0 Å². The normalized spacial score (nSPS) is 18.7. The SMILES string of the molecule is CCN(CC)C(=O)N1CCC(C(=O)N2CCC(OCc3ccccc3)CC2)CC1. The minimum atomic E-state index is 0.0533. The van der Waals surface area contributed by atoms with Gasteiger partial charge in [0.2, 0.25) is 5.91 Å². The van der Waals surface area contributed by atoms with Crippen LogP contribution in [0.3, 0.4) is 0 Å². The Balaban J connectivity index is 1.39. The summed E-state index contributed by atoms with van der Waals surface area (Å²) in [5, 5.41) is 0. The van der Waals surface area contributed by atoms with Gasteiger partial charge in [-0.2, -0.15) is 0 Å². The molecule has 0 radical (unpaired) electrons. The van der Waals surface area contributed by atoms with E-state index in [2.05, 4.69) is 12.1 Å². The van der Waals surface area contributed by atoms with Crippen molar-refractivity contribution in [3.63, 3.8) is 0 Å². The van der Waals surface area contributed by atoms with Gasteiger partial charge in [-0.25, -0.2) is 4.79 Å². The van der Waals surface area contributed by atoms with E-state index in [-0.39, 0.29) is 24.0 Å². The number of carbonyl (C=O) groups excluding carboxylic acids is 2. The van der Waals surface area contributed by atoms with Gasteiger partial charge in [-0.1, -0.05) is 30.3 Å². The Morgan fingerprint density at radius 2 is 1.52 bits per heavy atom. The van der Waals surface area contributed by atoms with Gasteiger partial charge >= 0.3 is 6.03 Å². The van der Waals surface area contributed by atoms with Crippen LogP contribution in [0.4, 0.5) is 4.79 Å². The van der Waals surface area contributed by atoms with E-state index in [4.69, 9.17) is 4.74 Å². The summed E-state index contributed by atoms with van der Waals surface area (Å²) in [5.41, 5.74) is 1.19. The van der Waals surface area contributed by atoms with Crippen LogP contribution in [0, 0.1) is 5.92 Å². The number of likely N-dealkylation sites (tertiary alicyclic amines) is 2. The van der Waals surface area contributed by atoms with Crippen molar-refractivity contribution in [3.8, 4) is 0 Å². The molecule has 2 fully saturated rings. The monoisotopic (exact) mass is 401 g/mol. The summed E-state index contributed by atoms with van der Waals surface area (Å²) in [6.07, 6.45) is 3.58. The Morgan fingerprint density at radius 3 is 2.10 bits per heavy atom. The molecule has 2 saturated heterocycles. The summed E-state index contributed by atoms with van der Waals surface area (Å²) in [7, 11) is 0. The fourth-order valence-corrected chi connectivity index (χ4v) is 4.30. The summed E-state index contributed by atoms with van der Waals surface area (Å²) in [5.74, 6) is 0.319. The van der Waals surface area contributed by atoms with Crippen LogP contribution >= 0.6 is 0 Å². The highest BCUT2D eigenvalue weighted by Gasteiger charge is 2.33. The molecule has 0 aromatic heterocycles. The van der Waals surface area contributed by atoms with Gasteiger partial charge in [0.1, 0.15) is 0 Å². The van der Waals surface area contributed by atoms with Gasteiger partial charge in [0.15, 0.2) is 0 Å². The lowest BCUT2D eigenvalue weighted by Crippen LogP contribution is -2.50. The van der Waals surface area contributed by atoms with E-state index in [0.717, 1.165) is 51.9 Å². The molecular formula is C23H35N3O3. The maximum absolute atomic E-state index is 12.9. The molecule has 0 aliphatic carbocycles. The zero-order valence-corrected chi connectivity index (χ0v) is 17.9. The van der Waals surface area contributed by atoms with E-state index < -0.39 is 0 Å². The first-order chi connectivity index (χ1) is 14.1. The van der Waals surface area contributed by atoms with Crippen molar-refractivity contribution >= 4 is 11.9 Å². The fraction of sp³-hybridized carbons (Fsp3) is 0.652. The third kappa shape index (κ3) is 5.72. The number of urea groups is 1. The number of nitrogens with zero attached hydrogens (tertiary/aromatic N) is 3. The zero-order valence-electron chi connectivity index (χ0n) is 17.9. The van der Waals surface area contributed by atoms with E-state index in [1.165, 1.54) is 5.56 Å². The Labute approximate surface area is 174 Å². The van der Waals surface area contributed by atoms with Gasteiger partial charge in [0.05, 0.1) is 12.7 Å². The third-order valence-electron chi connectivity index (χ3n) is 6.23. The molecule has 2 heterocycles. The Hall–Kier alpha value is -2.08. The molecule has 6 nitrogen and oxygen atoms in total. The molecule has 0 spiro atoms. The molecule has 6 heteroatoms. The standard InChI is InChI=1S/C23H35N3O3/c1-3-24(4-2)23(28)26-14-10-20(11-15-26)22(27)25-16-12-21(13-17-25)29-18-19-8-6-5-7-9-19/h5-9,20-21H,3-4,10-18H2,1-2H3. The summed E-state index contributed by atoms with van der Waals surface area (Å²) >= 11 is 0. The number of benzene rings is 1. The van der Waals surface area contributed by atoms with Crippen molar-refractivity contribution in [2.45, 2.75) is 52.2 Å². The van der Waals surface area contributed by atoms with E-state index in [1.54, 1.807) is 0 Å². The van der Waals surface area contributed by atoms with Crippen molar-refractivity contribution < 1.29 is 14.3 Å². The molecule has 2 aliphatic rings. The van der Waals surface area contributed by atoms with Crippen molar-refractivity contribution in [1.82, 2.24) is 14.7 Å². The fourth-order valence-electron chi connectivity index (χ4n) is 4.30. The molecule has 1 aromatic carbocycles. The first-order valence-corrected chi connectivity index (χ1v) is 11.1. The van der Waals surface area contributed by atoms with Crippen molar-refractivity contribution in [2.24, 2.45) is 5.92 Å². The van der Waals surface area contributed by atoms with Crippen molar-refractivity contribution in [3.05, 3.63) is 35.9 Å². The molecule has 0 N–H and O–H groups in total. The molecule has 0 saturated carbocycles. The average Bonchev–Trinajstić information content (AvgIpc) is 2.79. The largest absolute Gasteiger partial charge is 0.373 e. The molecule has 2 aliphatic heterocycles. The molecule has 29 heavy (non-hydrogen) atoms. The van der Waals surface area contributed by atoms with Crippen LogP contribution in [0.15, 0.2) is 30.3 Å². The second-order valence-electron chi connectivity index (χ2n) is 8.04. The van der Waals surface area contributed by atoms with E-state index in [9.17, 15) is 9.59 Å². The number of carbonyl (C=O) groups is 2. The Kier molecular flexibility index (Phi) is 7.92. The number of amides is 3. The highest BCUT2D eigenvalue weighted by molar-refractivity contribution is 5.80. The minimum Gasteiger partial charge on any atom is -0.373 e. The van der Waals surface area contributed by atoms with Crippen molar-refractivity contribution in [2.75, 3.05) is 39.3 Å². The maximum Gasteiger partial charge on any atom is 0.319 e. The second-order valence-corrected chi connectivity index (χ2v) is 8.04. The summed E-state index contributed by atoms with van der Waals surface area (Å²) in [6.45, 7) is 9.03. The summed E-state index contributed by atoms with van der Waals surface area (Å²) in [6, 6.07) is 10.3. The van der Waals surface area contributed by atoms with Crippen molar-refractivity contribution in [1.29, 1.82) is 0 Å². The minimum absolute atomic E-state index is 0.0533. The van der Waals surface area contributed by atoms with Gasteiger partial charge in [-0.05, 0) is 45.1 Å². The molecule has 1 aromatic rings. The number of hydrogen-bond acceptors (Lipinski definition) is 3. The average molecular weight is 402 g/mol. The zero-order chi connectivity index (χ0) is 20.6. The highest BCUT2D eigenvalue weighted by Crippen LogP contribution is 2.24. The quantitative estimate of drug-likeness (QED) is 0.734. The summed E-state index contributed by atoms with van der Waals surface area (Å²) in [4.78, 5) is 31.2. The van der Waals surface area contributed by atoms with Crippen LogP contribution in [0.5, 0.6) is 0 Å². The van der Waals surface area contributed by atoms with E-state index in [1.807, 2.05) is 46.7 Å². The lowest BCUT2D eigenvalue weighted by molar-refractivity contribution is -0.139. The van der Waals surface area contributed by atoms with Gasteiger partial charge in [0.25, 0.3) is 0 Å². The highest BCUT2D eigenvalue weighted by atomic mass is 16.5.